The van der Waals surface area contributed by atoms with Crippen LogP contribution >= 0.6 is 0 Å². The lowest BCUT2D eigenvalue weighted by Gasteiger charge is -2.09. The van der Waals surface area contributed by atoms with E-state index in [1.165, 1.54) is 6.07 Å². The number of furan rings is 1. The van der Waals surface area contributed by atoms with Gasteiger partial charge in [-0.25, -0.2) is 4.79 Å². The number of carbonyl (C=O) groups is 1. The third kappa shape index (κ3) is 3.74. The highest BCUT2D eigenvalue weighted by molar-refractivity contribution is 5.87. The van der Waals surface area contributed by atoms with Crippen molar-refractivity contribution >= 4 is 27.9 Å². The molecule has 0 amide bonds. The number of carbonyl (C=O) groups excluding carboxylic acids is 1. The first kappa shape index (κ1) is 18.8. The summed E-state index contributed by atoms with van der Waals surface area (Å²) in [5.41, 5.74) is 4.11. The fourth-order valence-corrected chi connectivity index (χ4v) is 3.29. The molecule has 148 valence electrons. The molecule has 0 bridgehead atoms. The minimum Gasteiger partial charge on any atom is -0.497 e. The molecular formula is C23H20O6. The van der Waals surface area contributed by atoms with Crippen molar-refractivity contribution in [2.45, 2.75) is 26.9 Å². The van der Waals surface area contributed by atoms with Crippen LogP contribution in [0, 0.1) is 13.8 Å². The molecule has 4 aromatic rings. The van der Waals surface area contributed by atoms with E-state index in [2.05, 4.69) is 0 Å². The Morgan fingerprint density at radius 3 is 2.55 bits per heavy atom. The third-order valence-corrected chi connectivity index (χ3v) is 5.03. The molecule has 6 nitrogen and oxygen atoms in total. The zero-order chi connectivity index (χ0) is 20.5. The van der Waals surface area contributed by atoms with Crippen molar-refractivity contribution in [1.82, 2.24) is 0 Å². The quantitative estimate of drug-likeness (QED) is 0.369. The lowest BCUT2D eigenvalue weighted by atomic mass is 10.0. The molecular weight excluding hydrogens is 372 g/mol. The highest BCUT2D eigenvalue weighted by atomic mass is 16.5. The molecule has 0 aliphatic carbocycles. The van der Waals surface area contributed by atoms with Crippen LogP contribution in [0.5, 0.6) is 5.75 Å². The summed E-state index contributed by atoms with van der Waals surface area (Å²) in [6, 6.07) is 10.6. The van der Waals surface area contributed by atoms with Crippen LogP contribution in [0.1, 0.15) is 22.3 Å². The van der Waals surface area contributed by atoms with Gasteiger partial charge in [-0.2, -0.15) is 0 Å². The van der Waals surface area contributed by atoms with E-state index in [1.54, 1.807) is 19.4 Å². The average molecular weight is 392 g/mol. The summed E-state index contributed by atoms with van der Waals surface area (Å²) >= 11 is 0. The van der Waals surface area contributed by atoms with Crippen molar-refractivity contribution in [3.05, 3.63) is 75.3 Å². The fourth-order valence-electron chi connectivity index (χ4n) is 3.29. The molecule has 0 saturated heterocycles. The molecule has 4 rings (SSSR count). The summed E-state index contributed by atoms with van der Waals surface area (Å²) in [7, 11) is 1.58. The molecule has 0 N–H and O–H groups in total. The number of aryl methyl sites for hydroxylation is 2. The topological polar surface area (TPSA) is 78.9 Å². The standard InChI is InChI=1S/C23H20O6/c1-13-6-19-16(9-23(25)29-21(19)7-14(13)2)12-28-22(24)8-15-11-27-20-10-17(26-3)4-5-18(15)20/h4-7,9-11H,8,12H2,1-3H3. The molecule has 29 heavy (non-hydrogen) atoms. The predicted molar refractivity (Wildman–Crippen MR) is 108 cm³/mol. The van der Waals surface area contributed by atoms with Gasteiger partial charge in [0, 0.05) is 34.0 Å². The smallest absolute Gasteiger partial charge is 0.336 e. The van der Waals surface area contributed by atoms with Crippen molar-refractivity contribution in [3.8, 4) is 5.75 Å². The van der Waals surface area contributed by atoms with Crippen LogP contribution in [0.4, 0.5) is 0 Å². The first-order valence-corrected chi connectivity index (χ1v) is 9.18. The zero-order valence-corrected chi connectivity index (χ0v) is 16.4. The number of ether oxygens (including phenoxy) is 2. The highest BCUT2D eigenvalue weighted by Gasteiger charge is 2.14. The Kier molecular flexibility index (Phi) is 4.84. The first-order chi connectivity index (χ1) is 13.9. The minimum atomic E-state index is -0.471. The summed E-state index contributed by atoms with van der Waals surface area (Å²) in [5, 5.41) is 1.60. The Hall–Kier alpha value is -3.54. The predicted octanol–water partition coefficient (Wildman–Crippen LogP) is 4.45. The van der Waals surface area contributed by atoms with Crippen molar-refractivity contribution in [1.29, 1.82) is 0 Å². The molecule has 0 unspecified atom stereocenters. The van der Waals surface area contributed by atoms with E-state index in [1.807, 2.05) is 38.1 Å². The molecule has 0 aliphatic rings. The molecule has 0 atom stereocenters. The van der Waals surface area contributed by atoms with Gasteiger partial charge in [0.1, 0.15) is 23.5 Å². The second-order valence-electron chi connectivity index (χ2n) is 6.98. The Morgan fingerprint density at radius 2 is 1.76 bits per heavy atom. The van der Waals surface area contributed by atoms with Crippen LogP contribution < -0.4 is 10.4 Å². The Labute approximate surface area is 166 Å². The van der Waals surface area contributed by atoms with Crippen molar-refractivity contribution in [3.63, 3.8) is 0 Å². The molecule has 0 spiro atoms. The summed E-state index contributed by atoms with van der Waals surface area (Å²) in [6.45, 7) is 3.92. The maximum Gasteiger partial charge on any atom is 0.336 e. The minimum absolute atomic E-state index is 0.00690. The van der Waals surface area contributed by atoms with Gasteiger partial charge in [0.25, 0.3) is 0 Å². The summed E-state index contributed by atoms with van der Waals surface area (Å²) in [5.74, 6) is 0.273. The van der Waals surface area contributed by atoms with E-state index in [4.69, 9.17) is 18.3 Å². The summed E-state index contributed by atoms with van der Waals surface area (Å²) in [6.07, 6.45) is 1.61. The molecule has 2 aromatic carbocycles. The van der Waals surface area contributed by atoms with Gasteiger partial charge in [0.05, 0.1) is 19.8 Å². The normalized spacial score (nSPS) is 11.1. The average Bonchev–Trinajstić information content (AvgIpc) is 3.09. The van der Waals surface area contributed by atoms with Gasteiger partial charge >= 0.3 is 11.6 Å². The lowest BCUT2D eigenvalue weighted by molar-refractivity contribution is -0.144. The second kappa shape index (κ2) is 7.47. The molecule has 6 heteroatoms. The summed E-state index contributed by atoms with van der Waals surface area (Å²) in [4.78, 5) is 24.3. The van der Waals surface area contributed by atoms with Crippen LogP contribution in [0.15, 0.2) is 56.3 Å². The fraction of sp³-hybridized carbons (Fsp3) is 0.217. The third-order valence-electron chi connectivity index (χ3n) is 5.03. The van der Waals surface area contributed by atoms with Crippen LogP contribution in [0.3, 0.4) is 0 Å². The van der Waals surface area contributed by atoms with Crippen molar-refractivity contribution in [2.75, 3.05) is 7.11 Å². The highest BCUT2D eigenvalue weighted by Crippen LogP contribution is 2.26. The Bertz CT molecular complexity index is 1280. The van der Waals surface area contributed by atoms with Crippen LogP contribution in [-0.4, -0.2) is 13.1 Å². The van der Waals surface area contributed by atoms with E-state index in [-0.39, 0.29) is 13.0 Å². The maximum atomic E-state index is 12.4. The number of rotatable bonds is 5. The summed E-state index contributed by atoms with van der Waals surface area (Å²) < 4.78 is 21.4. The SMILES string of the molecule is COc1ccc2c(CC(=O)OCc3cc(=O)oc4cc(C)c(C)cc34)coc2c1. The number of hydrogen-bond donors (Lipinski definition) is 0. The van der Waals surface area contributed by atoms with Crippen molar-refractivity contribution in [2.24, 2.45) is 0 Å². The maximum absolute atomic E-state index is 12.4. The van der Waals surface area contributed by atoms with Crippen LogP contribution in [0.25, 0.3) is 21.9 Å². The molecule has 0 fully saturated rings. The Morgan fingerprint density at radius 1 is 0.966 bits per heavy atom. The van der Waals surface area contributed by atoms with Crippen molar-refractivity contribution < 1.29 is 23.1 Å². The van der Waals surface area contributed by atoms with Gasteiger partial charge in [-0.3, -0.25) is 4.79 Å². The van der Waals surface area contributed by atoms with Gasteiger partial charge in [-0.1, -0.05) is 0 Å². The molecule has 0 radical (unpaired) electrons. The lowest BCUT2D eigenvalue weighted by Crippen LogP contribution is -2.10. The van der Waals surface area contributed by atoms with Gasteiger partial charge in [-0.15, -0.1) is 0 Å². The number of esters is 1. The number of hydrogen-bond acceptors (Lipinski definition) is 6. The molecule has 2 heterocycles. The molecule has 2 aromatic heterocycles. The van der Waals surface area contributed by atoms with Gasteiger partial charge in [-0.05, 0) is 49.2 Å². The van der Waals surface area contributed by atoms with E-state index in [0.717, 1.165) is 27.5 Å². The second-order valence-corrected chi connectivity index (χ2v) is 6.98. The Balaban J connectivity index is 1.53. The number of benzene rings is 2. The monoisotopic (exact) mass is 392 g/mol. The number of methoxy groups -OCH3 is 1. The van der Waals surface area contributed by atoms with E-state index < -0.39 is 11.6 Å². The van der Waals surface area contributed by atoms with E-state index in [0.29, 0.717) is 22.5 Å². The molecule has 0 saturated carbocycles. The molecule has 0 aliphatic heterocycles. The van der Waals surface area contributed by atoms with Gasteiger partial charge in [0.2, 0.25) is 0 Å². The van der Waals surface area contributed by atoms with Crippen LogP contribution in [0.2, 0.25) is 0 Å². The first-order valence-electron chi connectivity index (χ1n) is 9.18. The van der Waals surface area contributed by atoms with Gasteiger partial charge < -0.3 is 18.3 Å². The zero-order valence-electron chi connectivity index (χ0n) is 16.4. The number of fused-ring (bicyclic) bond motifs is 2. The van der Waals surface area contributed by atoms with E-state index >= 15 is 0 Å². The van der Waals surface area contributed by atoms with Crippen LogP contribution in [-0.2, 0) is 22.6 Å². The largest absolute Gasteiger partial charge is 0.497 e. The van der Waals surface area contributed by atoms with Gasteiger partial charge in [0.15, 0.2) is 0 Å². The van der Waals surface area contributed by atoms with E-state index in [9.17, 15) is 9.59 Å².